The Morgan fingerprint density at radius 3 is 2.44 bits per heavy atom. The molecule has 0 saturated carbocycles. The van der Waals surface area contributed by atoms with Gasteiger partial charge in [0.05, 0.1) is 7.11 Å². The number of carbonyl (C=O) groups excluding carboxylic acids is 2. The molecule has 0 aliphatic carbocycles. The lowest BCUT2D eigenvalue weighted by Crippen LogP contribution is -2.47. The zero-order valence-corrected chi connectivity index (χ0v) is 14.9. The molecular weight excluding hydrogens is 318 g/mol. The van der Waals surface area contributed by atoms with E-state index in [2.05, 4.69) is 5.32 Å². The van der Waals surface area contributed by atoms with E-state index in [4.69, 9.17) is 4.74 Å². The maximum atomic E-state index is 12.1. The minimum Gasteiger partial charge on any atom is -0.467 e. The highest BCUT2D eigenvalue weighted by Crippen LogP contribution is 2.17. The van der Waals surface area contributed by atoms with E-state index >= 15 is 0 Å². The third-order valence-corrected chi connectivity index (χ3v) is 4.05. The molecule has 25 heavy (non-hydrogen) atoms. The molecule has 5 nitrogen and oxygen atoms in total. The third-order valence-electron chi connectivity index (χ3n) is 4.05. The van der Waals surface area contributed by atoms with Crippen LogP contribution >= 0.6 is 0 Å². The van der Waals surface area contributed by atoms with Crippen molar-refractivity contribution in [2.24, 2.45) is 5.92 Å². The SMILES string of the molecule is COC(=O)[C@@H](Cc1ccc2ccccc2c1)NC(=O)[C@@H](O)CC(C)C. The van der Waals surface area contributed by atoms with E-state index in [1.165, 1.54) is 7.11 Å². The van der Waals surface area contributed by atoms with Crippen molar-refractivity contribution in [3.05, 3.63) is 48.0 Å². The number of fused-ring (bicyclic) bond motifs is 1. The van der Waals surface area contributed by atoms with E-state index in [1.54, 1.807) is 0 Å². The Labute approximate surface area is 148 Å². The normalized spacial score (nSPS) is 13.5. The van der Waals surface area contributed by atoms with Crippen molar-refractivity contribution in [1.82, 2.24) is 5.32 Å². The van der Waals surface area contributed by atoms with E-state index in [-0.39, 0.29) is 5.92 Å². The van der Waals surface area contributed by atoms with Crippen LogP contribution in [0.4, 0.5) is 0 Å². The average molecular weight is 343 g/mol. The zero-order valence-electron chi connectivity index (χ0n) is 14.9. The Morgan fingerprint density at radius 1 is 1.12 bits per heavy atom. The highest BCUT2D eigenvalue weighted by atomic mass is 16.5. The number of hydrogen-bond acceptors (Lipinski definition) is 4. The van der Waals surface area contributed by atoms with Crippen molar-refractivity contribution in [3.8, 4) is 0 Å². The molecule has 1 amide bonds. The molecular formula is C20H25NO4. The summed E-state index contributed by atoms with van der Waals surface area (Å²) in [4.78, 5) is 24.2. The predicted octanol–water partition coefficient (Wildman–Crippen LogP) is 2.45. The first kappa shape index (κ1) is 18.9. The fraction of sp³-hybridized carbons (Fsp3) is 0.400. The highest BCUT2D eigenvalue weighted by Gasteiger charge is 2.25. The number of aliphatic hydroxyl groups excluding tert-OH is 1. The molecule has 5 heteroatoms. The van der Waals surface area contributed by atoms with Gasteiger partial charge in [-0.3, -0.25) is 4.79 Å². The summed E-state index contributed by atoms with van der Waals surface area (Å²) >= 11 is 0. The Kier molecular flexibility index (Phi) is 6.53. The first-order valence-electron chi connectivity index (χ1n) is 8.44. The molecule has 2 N–H and O–H groups in total. The largest absolute Gasteiger partial charge is 0.467 e. The maximum absolute atomic E-state index is 12.1. The van der Waals surface area contributed by atoms with Gasteiger partial charge in [-0.05, 0) is 28.7 Å². The number of rotatable bonds is 7. The number of aliphatic hydroxyl groups is 1. The van der Waals surface area contributed by atoms with E-state index in [0.717, 1.165) is 16.3 Å². The summed E-state index contributed by atoms with van der Waals surface area (Å²) in [5.74, 6) is -0.902. The van der Waals surface area contributed by atoms with Crippen LogP contribution in [0.25, 0.3) is 10.8 Å². The van der Waals surface area contributed by atoms with Gasteiger partial charge in [-0.25, -0.2) is 4.79 Å². The molecule has 0 fully saturated rings. The van der Waals surface area contributed by atoms with Gasteiger partial charge in [0.2, 0.25) is 5.91 Å². The molecule has 0 aromatic heterocycles. The molecule has 2 aromatic rings. The molecule has 0 heterocycles. The van der Waals surface area contributed by atoms with Crippen LogP contribution in [0.15, 0.2) is 42.5 Å². The number of ether oxygens (including phenoxy) is 1. The Morgan fingerprint density at radius 2 is 1.80 bits per heavy atom. The number of amides is 1. The van der Waals surface area contributed by atoms with Gasteiger partial charge in [-0.1, -0.05) is 56.3 Å². The van der Waals surface area contributed by atoms with Crippen LogP contribution in [0.2, 0.25) is 0 Å². The van der Waals surface area contributed by atoms with Crippen molar-refractivity contribution in [2.75, 3.05) is 7.11 Å². The maximum Gasteiger partial charge on any atom is 0.328 e. The second kappa shape index (κ2) is 8.62. The molecule has 2 aromatic carbocycles. The first-order chi connectivity index (χ1) is 11.9. The van der Waals surface area contributed by atoms with Crippen molar-refractivity contribution in [2.45, 2.75) is 38.8 Å². The summed E-state index contributed by atoms with van der Waals surface area (Å²) in [5.41, 5.74) is 0.910. The molecule has 0 unspecified atom stereocenters. The summed E-state index contributed by atoms with van der Waals surface area (Å²) < 4.78 is 4.80. The van der Waals surface area contributed by atoms with Crippen LogP contribution in [0.3, 0.4) is 0 Å². The molecule has 0 radical (unpaired) electrons. The molecule has 0 saturated heterocycles. The van der Waals surface area contributed by atoms with Crippen LogP contribution in [0.5, 0.6) is 0 Å². The van der Waals surface area contributed by atoms with Gasteiger partial charge in [0.25, 0.3) is 0 Å². The minimum absolute atomic E-state index is 0.179. The second-order valence-corrected chi connectivity index (χ2v) is 6.62. The average Bonchev–Trinajstić information content (AvgIpc) is 2.59. The fourth-order valence-corrected chi connectivity index (χ4v) is 2.76. The summed E-state index contributed by atoms with van der Waals surface area (Å²) in [6, 6.07) is 13.0. The number of hydrogen-bond donors (Lipinski definition) is 2. The van der Waals surface area contributed by atoms with Crippen LogP contribution in [-0.2, 0) is 20.7 Å². The molecule has 2 atom stereocenters. The molecule has 0 bridgehead atoms. The van der Waals surface area contributed by atoms with Crippen LogP contribution < -0.4 is 5.32 Å². The third kappa shape index (κ3) is 5.29. The minimum atomic E-state index is -1.14. The molecule has 0 spiro atoms. The van der Waals surface area contributed by atoms with Gasteiger partial charge in [0, 0.05) is 6.42 Å². The Balaban J connectivity index is 2.13. The number of benzene rings is 2. The fourth-order valence-electron chi connectivity index (χ4n) is 2.76. The van der Waals surface area contributed by atoms with Crippen molar-refractivity contribution in [3.63, 3.8) is 0 Å². The smallest absolute Gasteiger partial charge is 0.328 e. The molecule has 134 valence electrons. The second-order valence-electron chi connectivity index (χ2n) is 6.62. The van der Waals surface area contributed by atoms with Gasteiger partial charge in [0.1, 0.15) is 12.1 Å². The summed E-state index contributed by atoms with van der Waals surface area (Å²) in [6.45, 7) is 3.84. The van der Waals surface area contributed by atoms with E-state index in [9.17, 15) is 14.7 Å². The monoisotopic (exact) mass is 343 g/mol. The van der Waals surface area contributed by atoms with Gasteiger partial charge >= 0.3 is 5.97 Å². The van der Waals surface area contributed by atoms with Crippen molar-refractivity contribution in [1.29, 1.82) is 0 Å². The molecule has 0 aliphatic rings. The highest BCUT2D eigenvalue weighted by molar-refractivity contribution is 5.87. The molecule has 2 rings (SSSR count). The van der Waals surface area contributed by atoms with Crippen LogP contribution in [0, 0.1) is 5.92 Å². The van der Waals surface area contributed by atoms with Crippen LogP contribution in [0.1, 0.15) is 25.8 Å². The lowest BCUT2D eigenvalue weighted by Gasteiger charge is -2.20. The van der Waals surface area contributed by atoms with Gasteiger partial charge in [-0.15, -0.1) is 0 Å². The van der Waals surface area contributed by atoms with Crippen molar-refractivity contribution < 1.29 is 19.4 Å². The number of esters is 1. The summed E-state index contributed by atoms with van der Waals surface area (Å²) in [6.07, 6.45) is -0.489. The van der Waals surface area contributed by atoms with Crippen LogP contribution in [-0.4, -0.2) is 36.2 Å². The number of nitrogens with one attached hydrogen (secondary N) is 1. The first-order valence-corrected chi connectivity index (χ1v) is 8.44. The van der Waals surface area contributed by atoms with E-state index in [0.29, 0.717) is 12.8 Å². The summed E-state index contributed by atoms with van der Waals surface area (Å²) in [5, 5.41) is 14.7. The predicted molar refractivity (Wildman–Crippen MR) is 97.1 cm³/mol. The number of carbonyl (C=O) groups is 2. The standard InChI is InChI=1S/C20H25NO4/c1-13(2)10-18(22)19(23)21-17(20(24)25-3)12-14-8-9-15-6-4-5-7-16(15)11-14/h4-9,11,13,17-18,22H,10,12H2,1-3H3,(H,21,23)/t17-,18+/m1/s1. The number of methoxy groups -OCH3 is 1. The quantitative estimate of drug-likeness (QED) is 0.757. The van der Waals surface area contributed by atoms with Gasteiger partial charge < -0.3 is 15.2 Å². The Bertz CT molecular complexity index is 741. The zero-order chi connectivity index (χ0) is 18.4. The summed E-state index contributed by atoms with van der Waals surface area (Å²) in [7, 11) is 1.28. The van der Waals surface area contributed by atoms with E-state index in [1.807, 2.05) is 56.3 Å². The molecule has 0 aliphatic heterocycles. The van der Waals surface area contributed by atoms with E-state index < -0.39 is 24.0 Å². The topological polar surface area (TPSA) is 75.6 Å². The lowest BCUT2D eigenvalue weighted by molar-refractivity contribution is -0.146. The van der Waals surface area contributed by atoms with Crippen molar-refractivity contribution >= 4 is 22.6 Å². The lowest BCUT2D eigenvalue weighted by atomic mass is 10.0. The Hall–Kier alpha value is -2.40. The van der Waals surface area contributed by atoms with Gasteiger partial charge in [0.15, 0.2) is 0 Å². The van der Waals surface area contributed by atoms with Gasteiger partial charge in [-0.2, -0.15) is 0 Å².